The number of nitrogens with one attached hydrogen (secondary N) is 2. The van der Waals surface area contributed by atoms with E-state index in [9.17, 15) is 9.59 Å². The fraction of sp³-hybridized carbons (Fsp3) is 0.269. The Morgan fingerprint density at radius 3 is 2.86 bits per heavy atom. The summed E-state index contributed by atoms with van der Waals surface area (Å²) in [7, 11) is 0. The predicted molar refractivity (Wildman–Crippen MR) is 133 cm³/mol. The third-order valence-electron chi connectivity index (χ3n) is 6.88. The quantitative estimate of drug-likeness (QED) is 0.452. The first-order valence-corrected chi connectivity index (χ1v) is 12.1. The van der Waals surface area contributed by atoms with Gasteiger partial charge in [-0.25, -0.2) is 4.68 Å². The highest BCUT2D eigenvalue weighted by molar-refractivity contribution is 6.30. The number of rotatable bonds is 5. The summed E-state index contributed by atoms with van der Waals surface area (Å²) in [5, 5.41) is 9.18. The average molecular weight is 489 g/mol. The number of benzene rings is 2. The maximum absolute atomic E-state index is 13.3. The van der Waals surface area contributed by atoms with Gasteiger partial charge in [0.25, 0.3) is 0 Å². The smallest absolute Gasteiger partial charge is 0.246 e. The number of fused-ring (bicyclic) bond motifs is 2. The molecule has 2 aliphatic rings. The van der Waals surface area contributed by atoms with Gasteiger partial charge in [0.1, 0.15) is 12.1 Å². The van der Waals surface area contributed by atoms with E-state index in [4.69, 9.17) is 11.6 Å². The van der Waals surface area contributed by atoms with Crippen LogP contribution in [0.1, 0.15) is 11.1 Å². The number of nitrogens with zero attached hydrogens (tertiary/aromatic N) is 4. The lowest BCUT2D eigenvalue weighted by molar-refractivity contribution is -0.153. The van der Waals surface area contributed by atoms with Gasteiger partial charge in [0.2, 0.25) is 11.8 Å². The summed E-state index contributed by atoms with van der Waals surface area (Å²) in [6, 6.07) is 14.5. The average Bonchev–Trinajstić information content (AvgIpc) is 3.50. The molecular formula is C26H25ClN6O2. The molecule has 0 spiro atoms. The van der Waals surface area contributed by atoms with Gasteiger partial charge in [-0.3, -0.25) is 14.5 Å². The van der Waals surface area contributed by atoms with Crippen molar-refractivity contribution >= 4 is 34.3 Å². The van der Waals surface area contributed by atoms with Gasteiger partial charge in [-0.05, 0) is 29.8 Å². The number of amides is 2. The fourth-order valence-corrected chi connectivity index (χ4v) is 5.30. The predicted octanol–water partition coefficient (Wildman–Crippen LogP) is 2.76. The molecule has 0 unspecified atom stereocenters. The molecule has 178 valence electrons. The molecule has 2 N–H and O–H groups in total. The van der Waals surface area contributed by atoms with Crippen LogP contribution >= 0.6 is 11.6 Å². The van der Waals surface area contributed by atoms with Gasteiger partial charge in [-0.15, -0.1) is 0 Å². The van der Waals surface area contributed by atoms with Crippen LogP contribution in [0.4, 0.5) is 0 Å². The van der Waals surface area contributed by atoms with Crippen LogP contribution in [0.15, 0.2) is 67.1 Å². The first kappa shape index (κ1) is 21.9. The number of hydrogen-bond donors (Lipinski definition) is 2. The molecule has 2 saturated heterocycles. The number of hydrogen-bond acceptors (Lipinski definition) is 4. The van der Waals surface area contributed by atoms with Gasteiger partial charge in [-0.1, -0.05) is 35.9 Å². The lowest BCUT2D eigenvalue weighted by atomic mass is 9.98. The van der Waals surface area contributed by atoms with Crippen LogP contribution in [-0.2, 0) is 22.6 Å². The molecule has 8 nitrogen and oxygen atoms in total. The van der Waals surface area contributed by atoms with Crippen molar-refractivity contribution in [3.05, 3.63) is 83.3 Å². The standard InChI is InChI=1S/C26H25ClN6O2/c27-19-4-3-5-20(11-19)33-15-17(12-29-33)14-31-8-9-32-24(16-31)25(34)30-23(26(32)35)10-18-13-28-22-7-2-1-6-21(18)22/h1-7,11-13,15,23-24,28H,8-10,14,16H2,(H,30,34)/t23-,24+/m0/s1. The molecule has 0 radical (unpaired) electrons. The lowest BCUT2D eigenvalue weighted by Gasteiger charge is -2.45. The molecular weight excluding hydrogens is 464 g/mol. The highest BCUT2D eigenvalue weighted by Gasteiger charge is 2.43. The minimum absolute atomic E-state index is 0.00620. The van der Waals surface area contributed by atoms with E-state index < -0.39 is 12.1 Å². The molecule has 0 aliphatic carbocycles. The molecule has 4 aromatic rings. The number of halogens is 1. The summed E-state index contributed by atoms with van der Waals surface area (Å²) in [5.74, 6) is -0.0953. The van der Waals surface area contributed by atoms with Gasteiger partial charge >= 0.3 is 0 Å². The van der Waals surface area contributed by atoms with E-state index in [1.807, 2.05) is 67.1 Å². The Balaban J connectivity index is 1.12. The molecule has 2 fully saturated rings. The van der Waals surface area contributed by atoms with Crippen molar-refractivity contribution in [3.8, 4) is 5.69 Å². The van der Waals surface area contributed by atoms with Crippen LogP contribution in [-0.4, -0.2) is 68.1 Å². The summed E-state index contributed by atoms with van der Waals surface area (Å²) < 4.78 is 1.80. The molecule has 4 heterocycles. The van der Waals surface area contributed by atoms with Crippen molar-refractivity contribution in [1.29, 1.82) is 0 Å². The molecule has 2 amide bonds. The number of carbonyl (C=O) groups is 2. The van der Waals surface area contributed by atoms with Gasteiger partial charge in [0.15, 0.2) is 0 Å². The summed E-state index contributed by atoms with van der Waals surface area (Å²) in [6.45, 7) is 2.40. The van der Waals surface area contributed by atoms with E-state index in [2.05, 4.69) is 20.3 Å². The zero-order valence-corrected chi connectivity index (χ0v) is 19.8. The Morgan fingerprint density at radius 2 is 1.97 bits per heavy atom. The Kier molecular flexibility index (Phi) is 5.54. The summed E-state index contributed by atoms with van der Waals surface area (Å²) in [4.78, 5) is 33.5. The third kappa shape index (κ3) is 4.19. The fourth-order valence-electron chi connectivity index (χ4n) is 5.12. The SMILES string of the molecule is O=C1N[C@@H](Cc2c[nH]c3ccccc23)C(=O)N2CCN(Cc3cnn(-c4cccc(Cl)c4)c3)C[C@H]12. The largest absolute Gasteiger partial charge is 0.361 e. The second-order valence-electron chi connectivity index (χ2n) is 9.18. The monoisotopic (exact) mass is 488 g/mol. The van der Waals surface area contributed by atoms with E-state index in [0.29, 0.717) is 37.6 Å². The van der Waals surface area contributed by atoms with Crippen molar-refractivity contribution in [2.75, 3.05) is 19.6 Å². The van der Waals surface area contributed by atoms with E-state index >= 15 is 0 Å². The lowest BCUT2D eigenvalue weighted by Crippen LogP contribution is -2.69. The summed E-state index contributed by atoms with van der Waals surface area (Å²) in [5.41, 5.74) is 4.00. The Hall–Kier alpha value is -3.62. The van der Waals surface area contributed by atoms with Crippen molar-refractivity contribution in [2.24, 2.45) is 0 Å². The Morgan fingerprint density at radius 1 is 1.09 bits per heavy atom. The summed E-state index contributed by atoms with van der Waals surface area (Å²) in [6.07, 6.45) is 6.21. The van der Waals surface area contributed by atoms with E-state index in [0.717, 1.165) is 27.7 Å². The van der Waals surface area contributed by atoms with Crippen molar-refractivity contribution in [3.63, 3.8) is 0 Å². The van der Waals surface area contributed by atoms with E-state index in [-0.39, 0.29) is 11.8 Å². The number of piperazine rings is 2. The normalized spacial score (nSPS) is 20.8. The van der Waals surface area contributed by atoms with E-state index in [1.165, 1.54) is 0 Å². The number of carbonyl (C=O) groups excluding carboxylic acids is 2. The first-order chi connectivity index (χ1) is 17.0. The van der Waals surface area contributed by atoms with Gasteiger partial charge < -0.3 is 15.2 Å². The van der Waals surface area contributed by atoms with Crippen LogP contribution in [0.5, 0.6) is 0 Å². The van der Waals surface area contributed by atoms with Gasteiger partial charge in [0.05, 0.1) is 11.9 Å². The molecule has 2 aliphatic heterocycles. The molecule has 2 atom stereocenters. The minimum atomic E-state index is -0.541. The van der Waals surface area contributed by atoms with Crippen molar-refractivity contribution in [1.82, 2.24) is 29.9 Å². The molecule has 2 aromatic heterocycles. The molecule has 35 heavy (non-hydrogen) atoms. The second kappa shape index (κ2) is 8.87. The Labute approximate surface area is 207 Å². The van der Waals surface area contributed by atoms with Gasteiger partial charge in [-0.2, -0.15) is 5.10 Å². The van der Waals surface area contributed by atoms with Crippen molar-refractivity contribution in [2.45, 2.75) is 25.0 Å². The minimum Gasteiger partial charge on any atom is -0.361 e. The Bertz CT molecular complexity index is 1410. The molecule has 2 aromatic carbocycles. The zero-order valence-electron chi connectivity index (χ0n) is 19.0. The first-order valence-electron chi connectivity index (χ1n) is 11.7. The van der Waals surface area contributed by atoms with Gasteiger partial charge in [0, 0.05) is 66.5 Å². The molecule has 0 bridgehead atoms. The topological polar surface area (TPSA) is 86.3 Å². The van der Waals surface area contributed by atoms with Crippen molar-refractivity contribution < 1.29 is 9.59 Å². The zero-order chi connectivity index (χ0) is 23.9. The number of H-pyrrole nitrogens is 1. The second-order valence-corrected chi connectivity index (χ2v) is 9.62. The maximum Gasteiger partial charge on any atom is 0.246 e. The summed E-state index contributed by atoms with van der Waals surface area (Å²) >= 11 is 6.10. The molecule has 6 rings (SSSR count). The van der Waals surface area contributed by atoms with Crippen LogP contribution in [0.25, 0.3) is 16.6 Å². The van der Waals surface area contributed by atoms with Crippen LogP contribution < -0.4 is 5.32 Å². The highest BCUT2D eigenvalue weighted by atomic mass is 35.5. The van der Waals surface area contributed by atoms with Crippen LogP contribution in [0.3, 0.4) is 0 Å². The highest BCUT2D eigenvalue weighted by Crippen LogP contribution is 2.23. The number of aromatic amines is 1. The number of aromatic nitrogens is 3. The van der Waals surface area contributed by atoms with Crippen LogP contribution in [0.2, 0.25) is 5.02 Å². The third-order valence-corrected chi connectivity index (χ3v) is 7.11. The van der Waals surface area contributed by atoms with E-state index in [1.54, 1.807) is 9.58 Å². The number of para-hydroxylation sites is 1. The molecule has 0 saturated carbocycles. The maximum atomic E-state index is 13.3. The van der Waals surface area contributed by atoms with Crippen LogP contribution in [0, 0.1) is 0 Å². The molecule has 9 heteroatoms.